The van der Waals surface area contributed by atoms with Crippen LogP contribution in [0.4, 0.5) is 0 Å². The third kappa shape index (κ3) is 5.17. The number of carbonyl (C=O) groups excluding carboxylic acids is 2. The highest BCUT2D eigenvalue weighted by Crippen LogP contribution is 2.27. The van der Waals surface area contributed by atoms with Crippen LogP contribution in [0.1, 0.15) is 20.9 Å². The molecule has 0 unspecified atom stereocenters. The maximum Gasteiger partial charge on any atom is 0.289 e. The van der Waals surface area contributed by atoms with Crippen molar-refractivity contribution in [3.05, 3.63) is 47.9 Å². The topological polar surface area (TPSA) is 118 Å². The molecule has 0 radical (unpaired) electrons. The van der Waals surface area contributed by atoms with Crippen LogP contribution in [0.5, 0.6) is 11.5 Å². The first-order valence-electron chi connectivity index (χ1n) is 9.67. The van der Waals surface area contributed by atoms with Crippen LogP contribution < -0.4 is 14.8 Å². The maximum atomic E-state index is 12.7. The number of methoxy groups -OCH3 is 2. The molecule has 1 fully saturated rings. The largest absolute Gasteiger partial charge is 0.496 e. The van der Waals surface area contributed by atoms with Gasteiger partial charge in [0.25, 0.3) is 11.8 Å². The molecule has 1 N–H and O–H groups in total. The van der Waals surface area contributed by atoms with E-state index in [1.165, 1.54) is 24.8 Å². The summed E-state index contributed by atoms with van der Waals surface area (Å²) in [7, 11) is -0.727. The Morgan fingerprint density at radius 3 is 2.23 bits per heavy atom. The Balaban J connectivity index is 1.53. The average molecular weight is 452 g/mol. The van der Waals surface area contributed by atoms with E-state index in [4.69, 9.17) is 13.9 Å². The Hall–Kier alpha value is -3.05. The van der Waals surface area contributed by atoms with Gasteiger partial charge in [0.15, 0.2) is 5.76 Å². The summed E-state index contributed by atoms with van der Waals surface area (Å²) in [6.45, 7) is 0.826. The predicted octanol–water partition coefficient (Wildman–Crippen LogP) is 0.814. The standard InChI is InChI=1S/C20H25N3O7S/c1-28-15-5-3-6-16(29-2)18(15)19(24)21-8-14-31(26,27)23-11-9-22(10-12-23)20(25)17-7-4-13-30-17/h3-7,13H,8-12,14H2,1-2H3,(H,21,24). The van der Waals surface area contributed by atoms with Gasteiger partial charge in [-0.25, -0.2) is 8.42 Å². The summed E-state index contributed by atoms with van der Waals surface area (Å²) in [4.78, 5) is 26.4. The number of hydrogen-bond acceptors (Lipinski definition) is 7. The van der Waals surface area contributed by atoms with Crippen molar-refractivity contribution >= 4 is 21.8 Å². The molecule has 1 aliphatic heterocycles. The average Bonchev–Trinajstić information content (AvgIpc) is 3.32. The fourth-order valence-corrected chi connectivity index (χ4v) is 4.65. The van der Waals surface area contributed by atoms with Crippen molar-refractivity contribution < 1.29 is 31.9 Å². The van der Waals surface area contributed by atoms with Gasteiger partial charge in [-0.1, -0.05) is 6.07 Å². The zero-order chi connectivity index (χ0) is 22.4. The van der Waals surface area contributed by atoms with Crippen LogP contribution in [0.15, 0.2) is 41.0 Å². The summed E-state index contributed by atoms with van der Waals surface area (Å²) >= 11 is 0. The molecule has 1 aromatic carbocycles. The fraction of sp³-hybridized carbons (Fsp3) is 0.400. The number of ether oxygens (including phenoxy) is 2. The molecule has 31 heavy (non-hydrogen) atoms. The molecule has 11 heteroatoms. The quantitative estimate of drug-likeness (QED) is 0.631. The normalized spacial score (nSPS) is 14.8. The molecule has 168 valence electrons. The molecule has 2 amide bonds. The van der Waals surface area contributed by atoms with Crippen molar-refractivity contribution in [2.45, 2.75) is 0 Å². The number of carbonyl (C=O) groups is 2. The monoisotopic (exact) mass is 451 g/mol. The van der Waals surface area contributed by atoms with Crippen molar-refractivity contribution in [2.24, 2.45) is 0 Å². The Labute approximate surface area is 180 Å². The van der Waals surface area contributed by atoms with E-state index >= 15 is 0 Å². The van der Waals surface area contributed by atoms with E-state index in [0.717, 1.165) is 0 Å². The van der Waals surface area contributed by atoms with Gasteiger partial charge in [0.1, 0.15) is 17.1 Å². The highest BCUT2D eigenvalue weighted by Gasteiger charge is 2.30. The van der Waals surface area contributed by atoms with E-state index in [9.17, 15) is 18.0 Å². The molecule has 2 heterocycles. The van der Waals surface area contributed by atoms with Crippen molar-refractivity contribution in [3.8, 4) is 11.5 Å². The van der Waals surface area contributed by atoms with Gasteiger partial charge < -0.3 is 24.1 Å². The zero-order valence-electron chi connectivity index (χ0n) is 17.4. The first kappa shape index (κ1) is 22.6. The zero-order valence-corrected chi connectivity index (χ0v) is 18.2. The molecule has 0 spiro atoms. The molecule has 1 aliphatic rings. The summed E-state index contributed by atoms with van der Waals surface area (Å²) < 4.78 is 42.2. The SMILES string of the molecule is COc1cccc(OC)c1C(=O)NCCS(=O)(=O)N1CCN(C(=O)c2ccco2)CC1. The second kappa shape index (κ2) is 9.84. The molecule has 0 bridgehead atoms. The molecule has 1 saturated heterocycles. The summed E-state index contributed by atoms with van der Waals surface area (Å²) in [6.07, 6.45) is 1.42. The molecule has 3 rings (SSSR count). The van der Waals surface area contributed by atoms with Crippen molar-refractivity contribution in [1.82, 2.24) is 14.5 Å². The molecule has 1 aromatic heterocycles. The first-order chi connectivity index (χ1) is 14.9. The minimum atomic E-state index is -3.60. The number of hydrogen-bond donors (Lipinski definition) is 1. The number of sulfonamides is 1. The minimum absolute atomic E-state index is 0.0755. The Kier molecular flexibility index (Phi) is 7.18. The summed E-state index contributed by atoms with van der Waals surface area (Å²) in [5, 5.41) is 2.61. The van der Waals surface area contributed by atoms with Crippen LogP contribution in [0.25, 0.3) is 0 Å². The van der Waals surface area contributed by atoms with Crippen LogP contribution in [0.3, 0.4) is 0 Å². The second-order valence-electron chi connectivity index (χ2n) is 6.78. The van der Waals surface area contributed by atoms with Gasteiger partial charge in [0.2, 0.25) is 10.0 Å². The number of benzene rings is 1. The lowest BCUT2D eigenvalue weighted by Gasteiger charge is -2.33. The first-order valence-corrected chi connectivity index (χ1v) is 11.3. The smallest absolute Gasteiger partial charge is 0.289 e. The number of piperazine rings is 1. The van der Waals surface area contributed by atoms with Gasteiger partial charge in [-0.05, 0) is 24.3 Å². The van der Waals surface area contributed by atoms with Crippen LogP contribution in [0.2, 0.25) is 0 Å². The van der Waals surface area contributed by atoms with E-state index in [1.54, 1.807) is 35.2 Å². The van der Waals surface area contributed by atoms with Crippen LogP contribution in [-0.2, 0) is 10.0 Å². The lowest BCUT2D eigenvalue weighted by molar-refractivity contribution is 0.0665. The summed E-state index contributed by atoms with van der Waals surface area (Å²) in [5.41, 5.74) is 0.204. The minimum Gasteiger partial charge on any atom is -0.496 e. The van der Waals surface area contributed by atoms with Crippen molar-refractivity contribution in [3.63, 3.8) is 0 Å². The third-order valence-corrected chi connectivity index (χ3v) is 6.82. The molecule has 0 aliphatic carbocycles. The van der Waals surface area contributed by atoms with Gasteiger partial charge >= 0.3 is 0 Å². The molecular weight excluding hydrogens is 426 g/mol. The summed E-state index contributed by atoms with van der Waals surface area (Å²) in [6, 6.07) is 8.14. The third-order valence-electron chi connectivity index (χ3n) is 4.95. The highest BCUT2D eigenvalue weighted by molar-refractivity contribution is 7.89. The molecule has 0 atom stereocenters. The molecule has 0 saturated carbocycles. The molecule has 10 nitrogen and oxygen atoms in total. The van der Waals surface area contributed by atoms with Gasteiger partial charge in [0, 0.05) is 32.7 Å². The highest BCUT2D eigenvalue weighted by atomic mass is 32.2. The van der Waals surface area contributed by atoms with Crippen molar-refractivity contribution in [1.29, 1.82) is 0 Å². The van der Waals surface area contributed by atoms with Gasteiger partial charge in [-0.3, -0.25) is 9.59 Å². The molecule has 2 aromatic rings. The van der Waals surface area contributed by atoms with E-state index in [-0.39, 0.29) is 55.7 Å². The number of nitrogens with one attached hydrogen (secondary N) is 1. The number of amides is 2. The van der Waals surface area contributed by atoms with Gasteiger partial charge in [-0.2, -0.15) is 4.31 Å². The van der Waals surface area contributed by atoms with Crippen LogP contribution >= 0.6 is 0 Å². The number of furan rings is 1. The van der Waals surface area contributed by atoms with Crippen LogP contribution in [0, 0.1) is 0 Å². The lowest BCUT2D eigenvalue weighted by Crippen LogP contribution is -2.51. The number of nitrogens with zero attached hydrogens (tertiary/aromatic N) is 2. The second-order valence-corrected chi connectivity index (χ2v) is 8.87. The van der Waals surface area contributed by atoms with Crippen molar-refractivity contribution in [2.75, 3.05) is 52.7 Å². The Morgan fingerprint density at radius 2 is 1.68 bits per heavy atom. The van der Waals surface area contributed by atoms with Gasteiger partial charge in [0.05, 0.1) is 26.2 Å². The Morgan fingerprint density at radius 1 is 1.03 bits per heavy atom. The predicted molar refractivity (Wildman–Crippen MR) is 112 cm³/mol. The number of rotatable bonds is 8. The van der Waals surface area contributed by atoms with E-state index in [0.29, 0.717) is 11.5 Å². The lowest BCUT2D eigenvalue weighted by atomic mass is 10.1. The summed E-state index contributed by atoms with van der Waals surface area (Å²) in [5.74, 6) is -0.124. The van der Waals surface area contributed by atoms with Gasteiger partial charge in [-0.15, -0.1) is 0 Å². The fourth-order valence-electron chi connectivity index (χ4n) is 3.31. The van der Waals surface area contributed by atoms with E-state index < -0.39 is 15.9 Å². The molecular formula is C20H25N3O7S. The van der Waals surface area contributed by atoms with Crippen LogP contribution in [-0.4, -0.2) is 82.1 Å². The Bertz CT molecular complexity index is 991. The van der Waals surface area contributed by atoms with E-state index in [2.05, 4.69) is 5.32 Å². The maximum absolute atomic E-state index is 12.7. The van der Waals surface area contributed by atoms with E-state index in [1.807, 2.05) is 0 Å².